The highest BCUT2D eigenvalue weighted by Gasteiger charge is 2.64. The Morgan fingerprint density at radius 3 is 0.874 bits per heavy atom. The summed E-state index contributed by atoms with van der Waals surface area (Å²) in [6.45, 7) is -5.55. The zero-order valence-corrected chi connectivity index (χ0v) is 77.0. The van der Waals surface area contributed by atoms with Gasteiger partial charge in [-0.2, -0.15) is 0 Å². The monoisotopic (exact) mass is 2090 g/mol. The molecule has 12 aliphatic heterocycles. The van der Waals surface area contributed by atoms with Gasteiger partial charge in [0.25, 0.3) is 0 Å². The van der Waals surface area contributed by atoms with Gasteiger partial charge in [-0.1, -0.05) is 0 Å². The van der Waals surface area contributed by atoms with Gasteiger partial charge in [0.05, 0.1) is 78.3 Å². The molecule has 0 aromatic carbocycles. The number of carbonyl (C=O) groups is 4. The molecule has 4 amide bonds. The van der Waals surface area contributed by atoms with E-state index in [4.69, 9.17) is 109 Å². The van der Waals surface area contributed by atoms with Crippen molar-refractivity contribution in [1.29, 1.82) is 0 Å². The summed E-state index contributed by atoms with van der Waals surface area (Å²) in [5.41, 5.74) is 0. The molecule has 12 rings (SSSR count). The van der Waals surface area contributed by atoms with Crippen molar-refractivity contribution >= 4 is 23.6 Å². The molecule has 36 N–H and O–H groups in total. The number of hydrogen-bond acceptors (Lipinski definition) is 59. The molecule has 0 aromatic rings. The van der Waals surface area contributed by atoms with Crippen LogP contribution in [0.4, 0.5) is 0 Å². The van der Waals surface area contributed by atoms with Gasteiger partial charge in [-0.3, -0.25) is 19.2 Å². The second-order valence-corrected chi connectivity index (χ2v) is 36.6. The van der Waals surface area contributed by atoms with Crippen LogP contribution in [0.15, 0.2) is 0 Å². The van der Waals surface area contributed by atoms with E-state index >= 15 is 0 Å². The van der Waals surface area contributed by atoms with Crippen molar-refractivity contribution in [3.63, 3.8) is 0 Å². The minimum absolute atomic E-state index is 0.874. The lowest BCUT2D eigenvalue weighted by Gasteiger charge is -2.52. The van der Waals surface area contributed by atoms with Gasteiger partial charge in [-0.05, 0) is 13.8 Å². The first-order valence-corrected chi connectivity index (χ1v) is 45.9. The van der Waals surface area contributed by atoms with E-state index in [1.165, 1.54) is 13.8 Å². The molecule has 12 saturated heterocycles. The second kappa shape index (κ2) is 51.0. The Balaban J connectivity index is 0.885. The average molecular weight is 2100 g/mol. The van der Waals surface area contributed by atoms with Crippen LogP contribution in [0.5, 0.6) is 0 Å². The SMILES string of the molecule is CC(=O)N[C@@H]1[C@H](O[C@@H]2[C@@H](O[C@@H]3[C@H](O)[C@H](O[C@H]4[C@H](O)[C@@H](NC(C)=O)[C@H](O[C@H]5[C@H](O)[C@@H](NC(C)=O)C(O)O[C@@H]5CO[C@@H]5O[C@@H](C)[C@@H](O)[C@@H](O)[C@@H]5O)O[C@@H]4CO)O[C@H](CO[C@H]4O[C@H](CO)[C@@H](O)[C@H](O)[C@@H]4O[C@@H]4O[C@H](CO)[C@@H](O[C@@H]5O[C@H](CO)[C@H](O)[C@H](O[C@H]6O[C@H](CO)[C@H](O)[C@H](O)[C@H]6O)[C@H]5O)[C@H](O)[C@H]4NC(C)=O)[C@H]3O)O[C@H](CO)[C@@H](O)[C@@H]2O)O[C@H](CO)[C@@H](O[C@@H]2O[C@H](CO)[C@H](O)[C@H](O)[C@H]2O)[C@@H]1O[C@@H]1O[C@@H](C)[C@@H](O)[C@@H](O)[C@@H]1O. The predicted octanol–water partition coefficient (Wildman–Crippen LogP) is -24.5. The smallest absolute Gasteiger partial charge is 0.217 e. The summed E-state index contributed by atoms with van der Waals surface area (Å²) < 4.78 is 138. The van der Waals surface area contributed by atoms with E-state index in [1.54, 1.807) is 0 Å². The highest BCUT2D eigenvalue weighted by Crippen LogP contribution is 2.43. The summed E-state index contributed by atoms with van der Waals surface area (Å²) in [4.78, 5) is 52.9. The molecule has 63 heteroatoms. The third-order valence-corrected chi connectivity index (χ3v) is 26.6. The highest BCUT2D eigenvalue weighted by molar-refractivity contribution is 5.74. The zero-order chi connectivity index (χ0) is 105. The lowest BCUT2D eigenvalue weighted by molar-refractivity contribution is -0.403. The van der Waals surface area contributed by atoms with Crippen LogP contribution in [0.2, 0.25) is 0 Å². The highest BCUT2D eigenvalue weighted by atomic mass is 16.8. The Bertz CT molecular complexity index is 3960. The maximum atomic E-state index is 13.7. The topological polar surface area (TPSA) is 976 Å². The molecular formula is C80H134N4O59. The number of aliphatic hydroxyl groups is 32. The van der Waals surface area contributed by atoms with Gasteiger partial charge in [0.1, 0.15) is 281 Å². The van der Waals surface area contributed by atoms with E-state index in [2.05, 4.69) is 21.3 Å². The molecule has 143 heavy (non-hydrogen) atoms. The van der Waals surface area contributed by atoms with Gasteiger partial charge >= 0.3 is 0 Å². The first-order chi connectivity index (χ1) is 67.6. The Labute approximate surface area is 809 Å². The van der Waals surface area contributed by atoms with Gasteiger partial charge in [-0.15, -0.1) is 0 Å². The molecule has 0 aromatic heterocycles. The van der Waals surface area contributed by atoms with E-state index in [-0.39, 0.29) is 0 Å². The summed E-state index contributed by atoms with van der Waals surface area (Å²) in [5.74, 6) is -4.00. The number of nitrogens with one attached hydrogen (secondary N) is 4. The van der Waals surface area contributed by atoms with Crippen molar-refractivity contribution in [2.45, 2.75) is 410 Å². The van der Waals surface area contributed by atoms with E-state index in [0.717, 1.165) is 27.7 Å². The van der Waals surface area contributed by atoms with Crippen molar-refractivity contribution in [1.82, 2.24) is 21.3 Å². The van der Waals surface area contributed by atoms with Crippen molar-refractivity contribution in [3.8, 4) is 0 Å². The van der Waals surface area contributed by atoms with Crippen molar-refractivity contribution in [2.24, 2.45) is 0 Å². The summed E-state index contributed by atoms with van der Waals surface area (Å²) in [7, 11) is 0. The third-order valence-electron chi connectivity index (χ3n) is 26.6. The van der Waals surface area contributed by atoms with E-state index in [9.17, 15) is 183 Å². The molecule has 60 atom stereocenters. The lowest BCUT2D eigenvalue weighted by Crippen LogP contribution is -2.71. The third kappa shape index (κ3) is 25.8. The maximum absolute atomic E-state index is 13.7. The van der Waals surface area contributed by atoms with Crippen molar-refractivity contribution in [2.75, 3.05) is 66.1 Å². The number of carbonyl (C=O) groups excluding carboxylic acids is 4. The number of aliphatic hydroxyl groups excluding tert-OH is 32. The van der Waals surface area contributed by atoms with E-state index in [0.29, 0.717) is 0 Å². The molecule has 12 heterocycles. The molecule has 1 unspecified atom stereocenters. The van der Waals surface area contributed by atoms with Gasteiger partial charge in [0.15, 0.2) is 75.5 Å². The van der Waals surface area contributed by atoms with Gasteiger partial charge < -0.3 is 294 Å². The van der Waals surface area contributed by atoms with Crippen LogP contribution in [-0.2, 0) is 128 Å². The molecule has 0 spiro atoms. The Morgan fingerprint density at radius 1 is 0.196 bits per heavy atom. The van der Waals surface area contributed by atoms with E-state index < -0.39 is 458 Å². The van der Waals surface area contributed by atoms with Gasteiger partial charge in [0.2, 0.25) is 23.6 Å². The molecular weight excluding hydrogens is 1960 g/mol. The standard InChI is InChI=1S/C80H134N4O59/c1-17-37(97)48(108)54(114)73(123-17)121-16-32-62(45(105)33(69(120)125-32)81-19(3)93)135-70-34(82-20(4)94)46(106)61(28(12-90)131-70)137-78-59(119)66(141-80-68(53(113)42(102)26(10-88)130-80)143-72-36(84-22(6)96)64(139-74-55(115)49(109)38(98)18(2)124-74)63(30(14-92)133-72)138-75-56(116)50(110)39(99)23(7-85)126-75)44(104)31(134-78)15-122-79-67(52(112)41(101)25(9-87)129-79)142-71-35(83-21(5)95)47(107)60(29(13-91)132-71)136-77-58(118)65(43(103)27(11-89)128-77)140-76-57(117)51(111)40(100)24(8-86)127-76/h17-18,23-80,85-92,97-120H,7-16H2,1-6H3,(H,81,93)(H,82,94)(H,83,95)(H,84,96)/t17-,18-,23+,24+,25+,26+,27+,28+,29+,30+,31+,32+,33+,34+,35+,36-,37+,38+,39-,40-,41+,42+,43-,44+,45+,46+,47+,48+,49+,50-,51-,52-,53-,54-,55-,56+,57+,58+,59-,60+,61+,62+,63+,64+,65-,66-,67-,68-,69?,70-,71-,72-,73+,74-,75-,76+,77-,78-,79-,80+/m0/s1. The Morgan fingerprint density at radius 2 is 0.448 bits per heavy atom. The minimum Gasteiger partial charge on any atom is -0.394 e. The van der Waals surface area contributed by atoms with Crippen LogP contribution in [0.1, 0.15) is 41.5 Å². The van der Waals surface area contributed by atoms with E-state index in [1.807, 2.05) is 0 Å². The fraction of sp³-hybridized carbons (Fsp3) is 0.950. The molecule has 0 radical (unpaired) electrons. The van der Waals surface area contributed by atoms with Gasteiger partial charge in [-0.25, -0.2) is 0 Å². The Kier molecular flexibility index (Phi) is 41.8. The first kappa shape index (κ1) is 117. The minimum atomic E-state index is -2.73. The van der Waals surface area contributed by atoms with Crippen LogP contribution < -0.4 is 21.3 Å². The first-order valence-electron chi connectivity index (χ1n) is 45.9. The van der Waals surface area contributed by atoms with Crippen molar-refractivity contribution in [3.05, 3.63) is 0 Å². The Hall–Kier alpha value is -4.32. The fourth-order valence-electron chi connectivity index (χ4n) is 18.7. The lowest BCUT2D eigenvalue weighted by atomic mass is 9.93. The molecule has 12 fully saturated rings. The van der Waals surface area contributed by atoms with Crippen LogP contribution in [0, 0.1) is 0 Å². The zero-order valence-electron chi connectivity index (χ0n) is 77.0. The van der Waals surface area contributed by atoms with Crippen LogP contribution >= 0.6 is 0 Å². The second-order valence-electron chi connectivity index (χ2n) is 36.6. The summed E-state index contributed by atoms with van der Waals surface area (Å²) in [6, 6.07) is -8.08. The maximum Gasteiger partial charge on any atom is 0.217 e. The predicted molar refractivity (Wildman–Crippen MR) is 439 cm³/mol. The quantitative estimate of drug-likeness (QED) is 0.0277. The van der Waals surface area contributed by atoms with Crippen LogP contribution in [-0.4, -0.2) is 621 Å². The number of hydrogen-bond donors (Lipinski definition) is 36. The number of amides is 4. The molecule has 0 saturated carbocycles. The average Bonchev–Trinajstić information content (AvgIpc) is 0.778. The largest absolute Gasteiger partial charge is 0.394 e. The van der Waals surface area contributed by atoms with Crippen molar-refractivity contribution < 1.29 is 292 Å². The summed E-state index contributed by atoms with van der Waals surface area (Å²) in [6.07, 6.45) is -120. The molecule has 0 bridgehead atoms. The molecule has 12 aliphatic rings. The van der Waals surface area contributed by atoms with Crippen LogP contribution in [0.3, 0.4) is 0 Å². The normalized spacial score (nSPS) is 50.7. The van der Waals surface area contributed by atoms with Crippen LogP contribution in [0.25, 0.3) is 0 Å². The molecule has 0 aliphatic carbocycles. The van der Waals surface area contributed by atoms with Gasteiger partial charge in [0, 0.05) is 27.7 Å². The number of ether oxygens (including phenoxy) is 23. The summed E-state index contributed by atoms with van der Waals surface area (Å²) in [5, 5.41) is 370. The molecule has 63 nitrogen and oxygen atoms in total. The number of rotatable bonds is 36. The molecule has 828 valence electrons. The fourth-order valence-corrected chi connectivity index (χ4v) is 18.7. The summed E-state index contributed by atoms with van der Waals surface area (Å²) >= 11 is 0.